The molecular formula is C23H15N3. The van der Waals surface area contributed by atoms with E-state index in [1.807, 2.05) is 72.8 Å². The maximum atomic E-state index is 5.43. The van der Waals surface area contributed by atoms with Crippen molar-refractivity contribution < 1.29 is 0 Å². The smallest absolute Gasteiger partial charge is 0.0894 e. The van der Waals surface area contributed by atoms with E-state index in [1.54, 1.807) is 12.4 Å². The van der Waals surface area contributed by atoms with Gasteiger partial charge in [-0.25, -0.2) is 4.98 Å². The fourth-order valence-electron chi connectivity index (χ4n) is 2.74. The van der Waals surface area contributed by atoms with Gasteiger partial charge in [0.1, 0.15) is 0 Å². The van der Waals surface area contributed by atoms with Crippen LogP contribution in [0.3, 0.4) is 0 Å². The van der Waals surface area contributed by atoms with Crippen LogP contribution in [-0.4, -0.2) is 15.0 Å². The fraction of sp³-hybridized carbons (Fsp3) is 0. The summed E-state index contributed by atoms with van der Waals surface area (Å²) < 4.78 is 0. The van der Waals surface area contributed by atoms with E-state index in [0.29, 0.717) is 0 Å². The molecule has 0 atom stereocenters. The quantitative estimate of drug-likeness (QED) is 0.503. The highest BCUT2D eigenvalue weighted by atomic mass is 14.8. The molecule has 0 fully saturated rings. The Morgan fingerprint density at radius 2 is 1.35 bits per heavy atom. The Labute approximate surface area is 152 Å². The average molecular weight is 333 g/mol. The van der Waals surface area contributed by atoms with Gasteiger partial charge in [0.15, 0.2) is 0 Å². The predicted molar refractivity (Wildman–Crippen MR) is 104 cm³/mol. The van der Waals surface area contributed by atoms with Crippen LogP contribution in [0.15, 0.2) is 85.2 Å². The summed E-state index contributed by atoms with van der Waals surface area (Å²) in [4.78, 5) is 13.6. The number of aromatic nitrogens is 3. The SMILES string of the molecule is C#Cc1ccc(-c2ccnc(-c3cccc(-c4ccccn4)n3)c2)cc1. The minimum Gasteiger partial charge on any atom is -0.255 e. The third kappa shape index (κ3) is 3.22. The largest absolute Gasteiger partial charge is 0.255 e. The van der Waals surface area contributed by atoms with Crippen LogP contribution < -0.4 is 0 Å². The van der Waals surface area contributed by atoms with Crippen molar-refractivity contribution in [3.05, 3.63) is 90.8 Å². The standard InChI is InChI=1S/C23H15N3/c1-2-17-9-11-18(12-10-17)19-13-15-25-23(16-19)22-8-5-7-21(26-22)20-6-3-4-14-24-20/h1,3-16H. The first-order valence-corrected chi connectivity index (χ1v) is 8.25. The van der Waals surface area contributed by atoms with E-state index < -0.39 is 0 Å². The summed E-state index contributed by atoms with van der Waals surface area (Å²) in [5, 5.41) is 0. The van der Waals surface area contributed by atoms with Gasteiger partial charge in [-0.1, -0.05) is 30.2 Å². The third-order valence-corrected chi connectivity index (χ3v) is 4.08. The molecule has 0 unspecified atom stereocenters. The van der Waals surface area contributed by atoms with E-state index in [-0.39, 0.29) is 0 Å². The lowest BCUT2D eigenvalue weighted by atomic mass is 10.0. The molecule has 3 heterocycles. The number of hydrogen-bond donors (Lipinski definition) is 0. The van der Waals surface area contributed by atoms with Crippen molar-refractivity contribution in [3.63, 3.8) is 0 Å². The molecule has 0 aliphatic rings. The van der Waals surface area contributed by atoms with Gasteiger partial charge >= 0.3 is 0 Å². The van der Waals surface area contributed by atoms with E-state index in [0.717, 1.165) is 39.5 Å². The topological polar surface area (TPSA) is 38.7 Å². The molecule has 4 aromatic rings. The summed E-state index contributed by atoms with van der Waals surface area (Å²) >= 11 is 0. The Bertz CT molecular complexity index is 1080. The minimum absolute atomic E-state index is 0.815. The van der Waals surface area contributed by atoms with Gasteiger partial charge in [0, 0.05) is 18.0 Å². The summed E-state index contributed by atoms with van der Waals surface area (Å²) in [5.74, 6) is 2.64. The van der Waals surface area contributed by atoms with Crippen LogP contribution in [0.5, 0.6) is 0 Å². The van der Waals surface area contributed by atoms with Crippen LogP contribution >= 0.6 is 0 Å². The molecule has 4 rings (SSSR count). The van der Waals surface area contributed by atoms with Crippen LogP contribution in [0, 0.1) is 12.3 Å². The van der Waals surface area contributed by atoms with Crippen LogP contribution in [0.25, 0.3) is 33.9 Å². The second-order valence-electron chi connectivity index (χ2n) is 5.77. The first-order valence-electron chi connectivity index (χ1n) is 8.25. The van der Waals surface area contributed by atoms with Gasteiger partial charge in [-0.15, -0.1) is 6.42 Å². The first kappa shape index (κ1) is 15.7. The molecule has 3 nitrogen and oxygen atoms in total. The summed E-state index contributed by atoms with van der Waals surface area (Å²) in [6, 6.07) is 23.6. The van der Waals surface area contributed by atoms with Crippen molar-refractivity contribution in [2.24, 2.45) is 0 Å². The summed E-state index contributed by atoms with van der Waals surface area (Å²) in [6.45, 7) is 0. The van der Waals surface area contributed by atoms with Crippen LogP contribution in [0.2, 0.25) is 0 Å². The molecule has 26 heavy (non-hydrogen) atoms. The Kier molecular flexibility index (Phi) is 4.24. The molecule has 3 heteroatoms. The fourth-order valence-corrected chi connectivity index (χ4v) is 2.74. The van der Waals surface area contributed by atoms with Crippen molar-refractivity contribution >= 4 is 0 Å². The molecule has 0 amide bonds. The number of terminal acetylenes is 1. The van der Waals surface area contributed by atoms with E-state index in [9.17, 15) is 0 Å². The van der Waals surface area contributed by atoms with Gasteiger partial charge in [0.25, 0.3) is 0 Å². The summed E-state index contributed by atoms with van der Waals surface area (Å²) in [7, 11) is 0. The number of pyridine rings is 3. The lowest BCUT2D eigenvalue weighted by Gasteiger charge is -2.07. The Morgan fingerprint density at radius 1 is 0.615 bits per heavy atom. The Balaban J connectivity index is 1.72. The highest BCUT2D eigenvalue weighted by Crippen LogP contribution is 2.25. The van der Waals surface area contributed by atoms with Gasteiger partial charge in [-0.05, 0) is 59.7 Å². The number of nitrogens with zero attached hydrogens (tertiary/aromatic N) is 3. The van der Waals surface area contributed by atoms with Gasteiger partial charge in [0.05, 0.1) is 22.8 Å². The average Bonchev–Trinajstić information content (AvgIpc) is 2.75. The summed E-state index contributed by atoms with van der Waals surface area (Å²) in [5.41, 5.74) is 6.34. The molecule has 0 saturated heterocycles. The maximum Gasteiger partial charge on any atom is 0.0894 e. The molecule has 3 aromatic heterocycles. The van der Waals surface area contributed by atoms with Crippen LogP contribution in [0.1, 0.15) is 5.56 Å². The van der Waals surface area contributed by atoms with Crippen molar-refractivity contribution in [1.29, 1.82) is 0 Å². The van der Waals surface area contributed by atoms with Gasteiger partial charge < -0.3 is 0 Å². The molecule has 0 aliphatic heterocycles. The van der Waals surface area contributed by atoms with Crippen LogP contribution in [-0.2, 0) is 0 Å². The Morgan fingerprint density at radius 3 is 2.08 bits per heavy atom. The number of benzene rings is 1. The molecule has 1 aromatic carbocycles. The normalized spacial score (nSPS) is 10.3. The third-order valence-electron chi connectivity index (χ3n) is 4.08. The molecule has 0 aliphatic carbocycles. The molecular weight excluding hydrogens is 318 g/mol. The second-order valence-corrected chi connectivity index (χ2v) is 5.77. The van der Waals surface area contributed by atoms with Crippen molar-refractivity contribution in [1.82, 2.24) is 15.0 Å². The van der Waals surface area contributed by atoms with Crippen LogP contribution in [0.4, 0.5) is 0 Å². The zero-order valence-corrected chi connectivity index (χ0v) is 14.0. The molecule has 0 radical (unpaired) electrons. The first-order chi connectivity index (χ1) is 12.8. The number of hydrogen-bond acceptors (Lipinski definition) is 3. The van der Waals surface area contributed by atoms with E-state index in [2.05, 4.69) is 15.9 Å². The van der Waals surface area contributed by atoms with Gasteiger partial charge in [0.2, 0.25) is 0 Å². The van der Waals surface area contributed by atoms with E-state index >= 15 is 0 Å². The predicted octanol–water partition coefficient (Wildman–Crippen LogP) is 4.85. The molecule has 122 valence electrons. The lowest BCUT2D eigenvalue weighted by molar-refractivity contribution is 1.22. The van der Waals surface area contributed by atoms with Crippen molar-refractivity contribution in [2.75, 3.05) is 0 Å². The van der Waals surface area contributed by atoms with E-state index in [1.165, 1.54) is 0 Å². The lowest BCUT2D eigenvalue weighted by Crippen LogP contribution is -1.92. The molecule has 0 spiro atoms. The van der Waals surface area contributed by atoms with Gasteiger partial charge in [-0.3, -0.25) is 9.97 Å². The highest BCUT2D eigenvalue weighted by Gasteiger charge is 2.07. The zero-order chi connectivity index (χ0) is 17.8. The van der Waals surface area contributed by atoms with Crippen molar-refractivity contribution in [3.8, 4) is 46.2 Å². The molecule has 0 N–H and O–H groups in total. The second kappa shape index (κ2) is 7.00. The zero-order valence-electron chi connectivity index (χ0n) is 14.0. The Hall–Kier alpha value is -3.77. The summed E-state index contributed by atoms with van der Waals surface area (Å²) in [6.07, 6.45) is 8.99. The monoisotopic (exact) mass is 333 g/mol. The molecule has 0 saturated carbocycles. The van der Waals surface area contributed by atoms with Gasteiger partial charge in [-0.2, -0.15) is 0 Å². The van der Waals surface area contributed by atoms with Crippen molar-refractivity contribution in [2.45, 2.75) is 0 Å². The molecule has 0 bridgehead atoms. The maximum absolute atomic E-state index is 5.43. The number of rotatable bonds is 3. The highest BCUT2D eigenvalue weighted by molar-refractivity contribution is 5.70. The minimum atomic E-state index is 0.815. The van der Waals surface area contributed by atoms with E-state index in [4.69, 9.17) is 11.4 Å².